The summed E-state index contributed by atoms with van der Waals surface area (Å²) in [5, 5.41) is 3.35. The van der Waals surface area contributed by atoms with E-state index in [9.17, 15) is 4.79 Å². The van der Waals surface area contributed by atoms with Gasteiger partial charge in [-0.25, -0.2) is 4.79 Å². The van der Waals surface area contributed by atoms with Gasteiger partial charge in [0.2, 0.25) is 0 Å². The van der Waals surface area contributed by atoms with Gasteiger partial charge in [-0.05, 0) is 25.0 Å². The predicted molar refractivity (Wildman–Crippen MR) is 103 cm³/mol. The van der Waals surface area contributed by atoms with Gasteiger partial charge < -0.3 is 24.4 Å². The summed E-state index contributed by atoms with van der Waals surface area (Å²) in [6.45, 7) is 1.14. The Hall–Kier alpha value is -2.67. The number of halogens is 1. The molecule has 3 rings (SSSR count). The number of likely N-dealkylation sites (tertiary alicyclic amines) is 1. The fourth-order valence-electron chi connectivity index (χ4n) is 2.95. The number of hydrogen-bond acceptors (Lipinski definition) is 5. The van der Waals surface area contributed by atoms with E-state index in [0.29, 0.717) is 41.0 Å². The zero-order valence-electron chi connectivity index (χ0n) is 15.3. The number of aromatic nitrogens is 1. The van der Waals surface area contributed by atoms with Crippen molar-refractivity contribution in [3.8, 4) is 17.2 Å². The van der Waals surface area contributed by atoms with Crippen LogP contribution >= 0.6 is 11.6 Å². The second-order valence-electron chi connectivity index (χ2n) is 6.13. The first-order valence-electron chi connectivity index (χ1n) is 8.65. The molecular formula is C19H22ClN3O4. The Kier molecular flexibility index (Phi) is 6.24. The van der Waals surface area contributed by atoms with Gasteiger partial charge in [0.25, 0.3) is 0 Å². The molecule has 0 spiro atoms. The number of hydrogen-bond donors (Lipinski definition) is 1. The highest BCUT2D eigenvalue weighted by atomic mass is 35.5. The number of amides is 2. The molecule has 1 N–H and O–H groups in total. The fraction of sp³-hybridized carbons (Fsp3) is 0.368. The first-order valence-corrected chi connectivity index (χ1v) is 9.02. The molecule has 0 bridgehead atoms. The Labute approximate surface area is 163 Å². The standard InChI is InChI=1S/C19H22ClN3O4/c1-25-13-5-6-16(18(10-13)26-2)22-19(24)23-9-3-4-14(12-23)27-17-7-8-21-11-15(17)20/h5-8,10-11,14H,3-4,9,12H2,1-2H3,(H,22,24). The van der Waals surface area contributed by atoms with Crippen molar-refractivity contribution < 1.29 is 19.0 Å². The number of anilines is 1. The Bertz CT molecular complexity index is 802. The van der Waals surface area contributed by atoms with Gasteiger partial charge in [0.1, 0.15) is 28.4 Å². The topological polar surface area (TPSA) is 72.9 Å². The Morgan fingerprint density at radius 3 is 2.85 bits per heavy atom. The molecule has 7 nitrogen and oxygen atoms in total. The van der Waals surface area contributed by atoms with Crippen molar-refractivity contribution in [1.82, 2.24) is 9.88 Å². The lowest BCUT2D eigenvalue weighted by Gasteiger charge is -2.33. The molecule has 2 aromatic rings. The van der Waals surface area contributed by atoms with Crippen LogP contribution < -0.4 is 19.5 Å². The van der Waals surface area contributed by atoms with Crippen LogP contribution in [0.2, 0.25) is 5.02 Å². The number of carbonyl (C=O) groups excluding carboxylic acids is 1. The van der Waals surface area contributed by atoms with Gasteiger partial charge in [-0.15, -0.1) is 0 Å². The third kappa shape index (κ3) is 4.74. The van der Waals surface area contributed by atoms with Crippen LogP contribution in [0.1, 0.15) is 12.8 Å². The Morgan fingerprint density at radius 2 is 2.11 bits per heavy atom. The van der Waals surface area contributed by atoms with E-state index in [1.807, 2.05) is 0 Å². The summed E-state index contributed by atoms with van der Waals surface area (Å²) in [6.07, 6.45) is 4.75. The van der Waals surface area contributed by atoms with Crippen molar-refractivity contribution in [3.05, 3.63) is 41.7 Å². The van der Waals surface area contributed by atoms with E-state index < -0.39 is 0 Å². The second-order valence-corrected chi connectivity index (χ2v) is 6.54. The molecule has 1 aromatic carbocycles. The average molecular weight is 392 g/mol. The van der Waals surface area contributed by atoms with E-state index in [4.69, 9.17) is 25.8 Å². The molecule has 0 aliphatic carbocycles. The van der Waals surface area contributed by atoms with E-state index in [1.54, 1.807) is 55.8 Å². The summed E-state index contributed by atoms with van der Waals surface area (Å²) < 4.78 is 16.5. The molecule has 1 aliphatic heterocycles. The van der Waals surface area contributed by atoms with Crippen molar-refractivity contribution in [3.63, 3.8) is 0 Å². The fourth-order valence-corrected chi connectivity index (χ4v) is 3.12. The smallest absolute Gasteiger partial charge is 0.322 e. The minimum Gasteiger partial charge on any atom is -0.497 e. The Morgan fingerprint density at radius 1 is 1.26 bits per heavy atom. The highest BCUT2D eigenvalue weighted by Gasteiger charge is 2.26. The third-order valence-electron chi connectivity index (χ3n) is 4.34. The number of nitrogens with one attached hydrogen (secondary N) is 1. The maximum Gasteiger partial charge on any atom is 0.322 e. The van der Waals surface area contributed by atoms with Crippen LogP contribution in [0, 0.1) is 0 Å². The minimum atomic E-state index is -0.201. The molecule has 8 heteroatoms. The van der Waals surface area contributed by atoms with Crippen molar-refractivity contribution in [2.45, 2.75) is 18.9 Å². The van der Waals surface area contributed by atoms with Crippen LogP contribution in [0.4, 0.5) is 10.5 Å². The summed E-state index contributed by atoms with van der Waals surface area (Å²) in [5.74, 6) is 1.78. The molecule has 27 heavy (non-hydrogen) atoms. The highest BCUT2D eigenvalue weighted by Crippen LogP contribution is 2.30. The van der Waals surface area contributed by atoms with Gasteiger partial charge >= 0.3 is 6.03 Å². The molecule has 1 fully saturated rings. The Balaban J connectivity index is 1.64. The van der Waals surface area contributed by atoms with Gasteiger partial charge in [-0.1, -0.05) is 11.6 Å². The monoisotopic (exact) mass is 391 g/mol. The highest BCUT2D eigenvalue weighted by molar-refractivity contribution is 6.31. The molecule has 1 saturated heterocycles. The second kappa shape index (κ2) is 8.81. The van der Waals surface area contributed by atoms with Crippen LogP contribution in [-0.2, 0) is 0 Å². The number of urea groups is 1. The van der Waals surface area contributed by atoms with Crippen LogP contribution in [0.15, 0.2) is 36.7 Å². The van der Waals surface area contributed by atoms with Crippen LogP contribution in [-0.4, -0.2) is 49.3 Å². The molecule has 0 radical (unpaired) electrons. The van der Waals surface area contributed by atoms with Gasteiger partial charge in [0.15, 0.2) is 0 Å². The summed E-state index contributed by atoms with van der Waals surface area (Å²) >= 11 is 6.10. The van der Waals surface area contributed by atoms with Gasteiger partial charge in [-0.3, -0.25) is 4.98 Å². The van der Waals surface area contributed by atoms with Crippen LogP contribution in [0.3, 0.4) is 0 Å². The molecule has 2 heterocycles. The number of nitrogens with zero attached hydrogens (tertiary/aromatic N) is 2. The van der Waals surface area contributed by atoms with Crippen molar-refractivity contribution in [2.24, 2.45) is 0 Å². The first-order chi connectivity index (χ1) is 13.1. The average Bonchev–Trinajstić information content (AvgIpc) is 2.70. The zero-order valence-corrected chi connectivity index (χ0v) is 16.0. The van der Waals surface area contributed by atoms with E-state index in [2.05, 4.69) is 10.3 Å². The predicted octanol–water partition coefficient (Wildman–Crippen LogP) is 3.83. The van der Waals surface area contributed by atoms with E-state index in [0.717, 1.165) is 12.8 Å². The molecule has 0 saturated carbocycles. The summed E-state index contributed by atoms with van der Waals surface area (Å²) in [5.41, 5.74) is 0.587. The molecule has 144 valence electrons. The van der Waals surface area contributed by atoms with Crippen LogP contribution in [0.25, 0.3) is 0 Å². The lowest BCUT2D eigenvalue weighted by Crippen LogP contribution is -2.46. The largest absolute Gasteiger partial charge is 0.497 e. The number of benzene rings is 1. The zero-order chi connectivity index (χ0) is 19.2. The molecule has 1 aliphatic rings. The lowest BCUT2D eigenvalue weighted by molar-refractivity contribution is 0.106. The first kappa shape index (κ1) is 19.1. The van der Waals surface area contributed by atoms with E-state index in [-0.39, 0.29) is 12.1 Å². The minimum absolute atomic E-state index is 0.123. The van der Waals surface area contributed by atoms with Gasteiger partial charge in [-0.2, -0.15) is 0 Å². The SMILES string of the molecule is COc1ccc(NC(=O)N2CCCC(Oc3ccncc3Cl)C2)c(OC)c1. The third-order valence-corrected chi connectivity index (χ3v) is 4.63. The summed E-state index contributed by atoms with van der Waals surface area (Å²) in [7, 11) is 3.13. The van der Waals surface area contributed by atoms with Gasteiger partial charge in [0.05, 0.1) is 26.5 Å². The van der Waals surface area contributed by atoms with Crippen molar-refractivity contribution in [1.29, 1.82) is 0 Å². The van der Waals surface area contributed by atoms with E-state index >= 15 is 0 Å². The lowest BCUT2D eigenvalue weighted by atomic mass is 10.1. The molecule has 1 atom stereocenters. The molecular weight excluding hydrogens is 370 g/mol. The molecule has 2 amide bonds. The quantitative estimate of drug-likeness (QED) is 0.838. The normalized spacial score (nSPS) is 16.6. The summed E-state index contributed by atoms with van der Waals surface area (Å²) in [6, 6.07) is 6.77. The number of carbonyl (C=O) groups is 1. The number of piperidine rings is 1. The molecule has 1 aromatic heterocycles. The number of methoxy groups -OCH3 is 2. The number of ether oxygens (including phenoxy) is 3. The van der Waals surface area contributed by atoms with E-state index in [1.165, 1.54) is 0 Å². The van der Waals surface area contributed by atoms with Crippen molar-refractivity contribution in [2.75, 3.05) is 32.6 Å². The van der Waals surface area contributed by atoms with Gasteiger partial charge in [0, 0.05) is 31.1 Å². The molecule has 1 unspecified atom stereocenters. The number of rotatable bonds is 5. The van der Waals surface area contributed by atoms with Crippen LogP contribution in [0.5, 0.6) is 17.2 Å². The van der Waals surface area contributed by atoms with Crippen molar-refractivity contribution >= 4 is 23.3 Å². The maximum atomic E-state index is 12.7. The summed E-state index contributed by atoms with van der Waals surface area (Å²) in [4.78, 5) is 18.4. The maximum absolute atomic E-state index is 12.7. The number of pyridine rings is 1.